The standard InChI is InChI=1S/C15H20N2O2S/c1-3-20-14-8-5-7-13(12(14)10-16)17-11(2)6-4-9-15(18)19/h5,7-8,11,17H,3-4,6,9H2,1-2H3,(H,18,19). The summed E-state index contributed by atoms with van der Waals surface area (Å²) in [5, 5.41) is 21.2. The molecular weight excluding hydrogens is 272 g/mol. The van der Waals surface area contributed by atoms with E-state index in [1.54, 1.807) is 11.8 Å². The molecule has 0 aliphatic carbocycles. The molecule has 1 rings (SSSR count). The number of benzene rings is 1. The molecule has 1 unspecified atom stereocenters. The molecule has 20 heavy (non-hydrogen) atoms. The van der Waals surface area contributed by atoms with Gasteiger partial charge in [0.1, 0.15) is 6.07 Å². The highest BCUT2D eigenvalue weighted by Crippen LogP contribution is 2.28. The summed E-state index contributed by atoms with van der Waals surface area (Å²) in [5.74, 6) is 0.156. The van der Waals surface area contributed by atoms with E-state index in [0.717, 1.165) is 22.8 Å². The summed E-state index contributed by atoms with van der Waals surface area (Å²) in [6, 6.07) is 8.18. The topological polar surface area (TPSA) is 73.1 Å². The first kappa shape index (κ1) is 16.4. The average Bonchev–Trinajstić information content (AvgIpc) is 2.39. The lowest BCUT2D eigenvalue weighted by Gasteiger charge is -2.17. The number of hydrogen-bond donors (Lipinski definition) is 2. The van der Waals surface area contributed by atoms with E-state index in [4.69, 9.17) is 5.11 Å². The van der Waals surface area contributed by atoms with Gasteiger partial charge in [0.05, 0.1) is 11.3 Å². The number of hydrogen-bond acceptors (Lipinski definition) is 4. The molecule has 0 saturated carbocycles. The van der Waals surface area contributed by atoms with Gasteiger partial charge < -0.3 is 10.4 Å². The van der Waals surface area contributed by atoms with Gasteiger partial charge in [-0.25, -0.2) is 0 Å². The molecule has 1 atom stereocenters. The molecule has 2 N–H and O–H groups in total. The molecule has 0 bridgehead atoms. The molecule has 0 amide bonds. The Hall–Kier alpha value is -1.67. The number of anilines is 1. The molecule has 5 heteroatoms. The lowest BCUT2D eigenvalue weighted by molar-refractivity contribution is -0.137. The lowest BCUT2D eigenvalue weighted by Crippen LogP contribution is -2.16. The van der Waals surface area contributed by atoms with Crippen LogP contribution in [0.1, 0.15) is 38.7 Å². The number of carboxylic acid groups (broad SMARTS) is 1. The van der Waals surface area contributed by atoms with Crippen LogP contribution in [0.25, 0.3) is 0 Å². The Balaban J connectivity index is 2.69. The van der Waals surface area contributed by atoms with Gasteiger partial charge in [-0.2, -0.15) is 5.26 Å². The molecular formula is C15H20N2O2S. The van der Waals surface area contributed by atoms with Crippen LogP contribution < -0.4 is 5.32 Å². The zero-order chi connectivity index (χ0) is 15.0. The SMILES string of the molecule is CCSc1cccc(NC(C)CCCC(=O)O)c1C#N. The number of rotatable bonds is 8. The molecule has 0 fully saturated rings. The van der Waals surface area contributed by atoms with Crippen LogP contribution in [0.15, 0.2) is 23.1 Å². The molecule has 4 nitrogen and oxygen atoms in total. The molecule has 0 aliphatic rings. The van der Waals surface area contributed by atoms with Gasteiger partial charge in [-0.05, 0) is 37.7 Å². The summed E-state index contributed by atoms with van der Waals surface area (Å²) in [6.45, 7) is 4.06. The maximum absolute atomic E-state index is 10.5. The van der Waals surface area contributed by atoms with Crippen molar-refractivity contribution in [3.8, 4) is 6.07 Å². The summed E-state index contributed by atoms with van der Waals surface area (Å²) in [6.07, 6.45) is 1.58. The number of nitriles is 1. The Morgan fingerprint density at radius 2 is 2.30 bits per heavy atom. The number of nitrogens with zero attached hydrogens (tertiary/aromatic N) is 1. The second-order valence-corrected chi connectivity index (χ2v) is 5.86. The highest BCUT2D eigenvalue weighted by molar-refractivity contribution is 7.99. The summed E-state index contributed by atoms with van der Waals surface area (Å²) in [7, 11) is 0. The molecule has 0 aromatic heterocycles. The molecule has 0 saturated heterocycles. The first-order chi connectivity index (χ1) is 9.58. The minimum absolute atomic E-state index is 0.142. The first-order valence-electron chi connectivity index (χ1n) is 6.72. The van der Waals surface area contributed by atoms with Crippen molar-refractivity contribution in [1.29, 1.82) is 5.26 Å². The van der Waals surface area contributed by atoms with Gasteiger partial charge in [0.2, 0.25) is 0 Å². The highest BCUT2D eigenvalue weighted by Gasteiger charge is 2.10. The normalized spacial score (nSPS) is 11.7. The van der Waals surface area contributed by atoms with Gasteiger partial charge in [0, 0.05) is 17.4 Å². The van der Waals surface area contributed by atoms with Crippen molar-refractivity contribution in [3.63, 3.8) is 0 Å². The number of aliphatic carboxylic acids is 1. The third-order valence-electron chi connectivity index (χ3n) is 2.87. The van der Waals surface area contributed by atoms with Crippen LogP contribution >= 0.6 is 11.8 Å². The fourth-order valence-electron chi connectivity index (χ4n) is 1.94. The van der Waals surface area contributed by atoms with E-state index >= 15 is 0 Å². The van der Waals surface area contributed by atoms with Crippen molar-refractivity contribution in [2.24, 2.45) is 0 Å². The maximum Gasteiger partial charge on any atom is 0.303 e. The summed E-state index contributed by atoms with van der Waals surface area (Å²) < 4.78 is 0. The fourth-order valence-corrected chi connectivity index (χ4v) is 2.73. The van der Waals surface area contributed by atoms with Crippen LogP contribution in [0.3, 0.4) is 0 Å². The quantitative estimate of drug-likeness (QED) is 0.714. The van der Waals surface area contributed by atoms with Crippen molar-refractivity contribution in [2.45, 2.75) is 44.0 Å². The van der Waals surface area contributed by atoms with Crippen molar-refractivity contribution < 1.29 is 9.90 Å². The number of carboxylic acids is 1. The molecule has 108 valence electrons. The molecule has 0 spiro atoms. The molecule has 0 heterocycles. The number of nitrogens with one attached hydrogen (secondary N) is 1. The van der Waals surface area contributed by atoms with Crippen LogP contribution in [0.2, 0.25) is 0 Å². The van der Waals surface area contributed by atoms with Crippen LogP contribution in [0.4, 0.5) is 5.69 Å². The largest absolute Gasteiger partial charge is 0.481 e. The number of thioether (sulfide) groups is 1. The van der Waals surface area contributed by atoms with Gasteiger partial charge >= 0.3 is 5.97 Å². The molecule has 1 aromatic rings. The predicted octanol–water partition coefficient (Wildman–Crippen LogP) is 3.73. The van der Waals surface area contributed by atoms with E-state index in [-0.39, 0.29) is 12.5 Å². The van der Waals surface area contributed by atoms with E-state index in [0.29, 0.717) is 12.0 Å². The van der Waals surface area contributed by atoms with Crippen LogP contribution in [-0.4, -0.2) is 22.9 Å². The summed E-state index contributed by atoms with van der Waals surface area (Å²) in [4.78, 5) is 11.5. The Morgan fingerprint density at radius 3 is 2.90 bits per heavy atom. The Kier molecular flexibility index (Phi) is 6.96. The van der Waals surface area contributed by atoms with Crippen molar-refractivity contribution in [2.75, 3.05) is 11.1 Å². The highest BCUT2D eigenvalue weighted by atomic mass is 32.2. The third kappa shape index (κ3) is 5.14. The van der Waals surface area contributed by atoms with Gasteiger partial charge in [-0.3, -0.25) is 4.79 Å². The summed E-state index contributed by atoms with van der Waals surface area (Å²) in [5.41, 5.74) is 1.50. The Morgan fingerprint density at radius 1 is 1.55 bits per heavy atom. The second-order valence-electron chi connectivity index (χ2n) is 4.55. The van der Waals surface area contributed by atoms with Crippen molar-refractivity contribution in [1.82, 2.24) is 0 Å². The van der Waals surface area contributed by atoms with E-state index in [1.807, 2.05) is 25.1 Å². The van der Waals surface area contributed by atoms with Gasteiger partial charge in [0.25, 0.3) is 0 Å². The van der Waals surface area contributed by atoms with Gasteiger partial charge in [-0.1, -0.05) is 13.0 Å². The van der Waals surface area contributed by atoms with E-state index in [9.17, 15) is 10.1 Å². The van der Waals surface area contributed by atoms with Crippen molar-refractivity contribution >= 4 is 23.4 Å². The Labute approximate surface area is 124 Å². The molecule has 1 aromatic carbocycles. The summed E-state index contributed by atoms with van der Waals surface area (Å²) >= 11 is 1.65. The Bertz CT molecular complexity index is 497. The van der Waals surface area contributed by atoms with Gasteiger partial charge in [0.15, 0.2) is 0 Å². The smallest absolute Gasteiger partial charge is 0.303 e. The van der Waals surface area contributed by atoms with E-state index < -0.39 is 5.97 Å². The lowest BCUT2D eigenvalue weighted by atomic mass is 10.1. The maximum atomic E-state index is 10.5. The average molecular weight is 292 g/mol. The number of carbonyl (C=O) groups is 1. The van der Waals surface area contributed by atoms with Gasteiger partial charge in [-0.15, -0.1) is 11.8 Å². The fraction of sp³-hybridized carbons (Fsp3) is 0.467. The van der Waals surface area contributed by atoms with E-state index in [1.165, 1.54) is 0 Å². The molecule has 0 radical (unpaired) electrons. The third-order valence-corrected chi connectivity index (χ3v) is 3.81. The first-order valence-corrected chi connectivity index (χ1v) is 7.71. The van der Waals surface area contributed by atoms with Crippen molar-refractivity contribution in [3.05, 3.63) is 23.8 Å². The second kappa shape index (κ2) is 8.49. The monoisotopic (exact) mass is 292 g/mol. The van der Waals surface area contributed by atoms with Crippen LogP contribution in [0, 0.1) is 11.3 Å². The zero-order valence-corrected chi connectivity index (χ0v) is 12.7. The minimum atomic E-state index is -0.767. The van der Waals surface area contributed by atoms with E-state index in [2.05, 4.69) is 18.3 Å². The minimum Gasteiger partial charge on any atom is -0.481 e. The predicted molar refractivity (Wildman–Crippen MR) is 82.1 cm³/mol. The zero-order valence-electron chi connectivity index (χ0n) is 11.8. The van der Waals surface area contributed by atoms with Crippen LogP contribution in [-0.2, 0) is 4.79 Å². The molecule has 0 aliphatic heterocycles. The van der Waals surface area contributed by atoms with Crippen LogP contribution in [0.5, 0.6) is 0 Å².